The van der Waals surface area contributed by atoms with Gasteiger partial charge in [-0.2, -0.15) is 0 Å². The molecule has 1 aromatic carbocycles. The van der Waals surface area contributed by atoms with Gasteiger partial charge in [-0.3, -0.25) is 0 Å². The number of nitrogens with one attached hydrogen (secondary N) is 1. The first-order valence-corrected chi connectivity index (χ1v) is 7.81. The molecule has 1 atom stereocenters. The van der Waals surface area contributed by atoms with Crippen LogP contribution in [0.5, 0.6) is 11.5 Å². The van der Waals surface area contributed by atoms with E-state index in [1.807, 2.05) is 6.07 Å². The van der Waals surface area contributed by atoms with Gasteiger partial charge in [0, 0.05) is 11.6 Å². The van der Waals surface area contributed by atoms with Crippen LogP contribution in [-0.4, -0.2) is 26.8 Å². The van der Waals surface area contributed by atoms with E-state index in [0.717, 1.165) is 28.9 Å². The molecule has 4 heteroatoms. The smallest absolute Gasteiger partial charge is 0.140 e. The molecule has 0 aliphatic heterocycles. The Kier molecular flexibility index (Phi) is 6.34. The highest BCUT2D eigenvalue weighted by Crippen LogP contribution is 2.43. The summed E-state index contributed by atoms with van der Waals surface area (Å²) in [5.74, 6) is 1.65. The van der Waals surface area contributed by atoms with E-state index in [2.05, 4.69) is 55.0 Å². The van der Waals surface area contributed by atoms with Crippen molar-refractivity contribution in [3.05, 3.63) is 22.2 Å². The molecular weight excluding hydrogens is 318 g/mol. The normalized spacial score (nSPS) is 13.2. The molecule has 0 saturated carbocycles. The van der Waals surface area contributed by atoms with E-state index in [9.17, 15) is 0 Å². The molecular formula is C16H26BrNO2. The Balaban J connectivity index is 3.14. The Morgan fingerprint density at radius 3 is 2.40 bits per heavy atom. The van der Waals surface area contributed by atoms with Crippen LogP contribution in [0.2, 0.25) is 0 Å². The van der Waals surface area contributed by atoms with Crippen LogP contribution in [0.15, 0.2) is 16.6 Å². The van der Waals surface area contributed by atoms with Crippen molar-refractivity contribution in [2.75, 3.05) is 20.8 Å². The van der Waals surface area contributed by atoms with Gasteiger partial charge in [0.2, 0.25) is 0 Å². The molecule has 0 heterocycles. The Morgan fingerprint density at radius 2 is 1.90 bits per heavy atom. The molecule has 0 saturated heterocycles. The molecule has 0 aromatic heterocycles. The number of hydrogen-bond donors (Lipinski definition) is 1. The maximum absolute atomic E-state index is 5.60. The summed E-state index contributed by atoms with van der Waals surface area (Å²) in [6.45, 7) is 9.83. The van der Waals surface area contributed by atoms with Crippen molar-refractivity contribution in [3.8, 4) is 11.5 Å². The largest absolute Gasteiger partial charge is 0.495 e. The molecule has 0 amide bonds. The number of halogens is 1. The quantitative estimate of drug-likeness (QED) is 0.807. The molecule has 1 unspecified atom stereocenters. The Morgan fingerprint density at radius 1 is 1.25 bits per heavy atom. The second kappa shape index (κ2) is 7.32. The maximum Gasteiger partial charge on any atom is 0.140 e. The van der Waals surface area contributed by atoms with Gasteiger partial charge in [0.05, 0.1) is 14.2 Å². The molecule has 0 spiro atoms. The number of methoxy groups -OCH3 is 2. The molecule has 114 valence electrons. The number of benzene rings is 1. The summed E-state index contributed by atoms with van der Waals surface area (Å²) < 4.78 is 11.8. The fraction of sp³-hybridized carbons (Fsp3) is 0.625. The van der Waals surface area contributed by atoms with Crippen LogP contribution in [0.3, 0.4) is 0 Å². The van der Waals surface area contributed by atoms with Crippen LogP contribution in [0, 0.1) is 0 Å². The molecule has 0 bridgehead atoms. The van der Waals surface area contributed by atoms with Crippen LogP contribution >= 0.6 is 15.9 Å². The summed E-state index contributed by atoms with van der Waals surface area (Å²) in [4.78, 5) is 0. The second-order valence-corrected chi connectivity index (χ2v) is 6.50. The fourth-order valence-electron chi connectivity index (χ4n) is 2.72. The minimum Gasteiger partial charge on any atom is -0.495 e. The molecule has 0 fully saturated rings. The van der Waals surface area contributed by atoms with Crippen molar-refractivity contribution < 1.29 is 9.47 Å². The lowest BCUT2D eigenvalue weighted by molar-refractivity contribution is 0.353. The molecule has 1 rings (SSSR count). The van der Waals surface area contributed by atoms with E-state index >= 15 is 0 Å². The van der Waals surface area contributed by atoms with E-state index < -0.39 is 0 Å². The molecule has 0 aliphatic carbocycles. The lowest BCUT2D eigenvalue weighted by Gasteiger charge is -2.31. The molecule has 1 N–H and O–H groups in total. The Labute approximate surface area is 131 Å². The standard InChI is InChI=1S/C16H26BrNO2/c1-7-18-11(2)10-16(3,4)12-8-9-13(19-5)14(17)15(12)20-6/h8-9,11,18H,7,10H2,1-6H3. The van der Waals surface area contributed by atoms with Gasteiger partial charge in [0.1, 0.15) is 16.0 Å². The average molecular weight is 344 g/mol. The third-order valence-electron chi connectivity index (χ3n) is 3.58. The second-order valence-electron chi connectivity index (χ2n) is 5.71. The zero-order valence-corrected chi connectivity index (χ0v) is 14.9. The summed E-state index contributed by atoms with van der Waals surface area (Å²) >= 11 is 3.58. The molecule has 3 nitrogen and oxygen atoms in total. The highest BCUT2D eigenvalue weighted by atomic mass is 79.9. The van der Waals surface area contributed by atoms with Crippen LogP contribution in [0.25, 0.3) is 0 Å². The van der Waals surface area contributed by atoms with E-state index in [-0.39, 0.29) is 5.41 Å². The lowest BCUT2D eigenvalue weighted by atomic mass is 9.78. The number of rotatable bonds is 7. The first-order chi connectivity index (χ1) is 9.37. The summed E-state index contributed by atoms with van der Waals surface area (Å²) in [6.07, 6.45) is 1.04. The third kappa shape index (κ3) is 3.89. The Hall–Kier alpha value is -0.740. The van der Waals surface area contributed by atoms with Gasteiger partial charge in [-0.15, -0.1) is 0 Å². The predicted molar refractivity (Wildman–Crippen MR) is 88.0 cm³/mol. The number of ether oxygens (including phenoxy) is 2. The van der Waals surface area contributed by atoms with Gasteiger partial charge in [-0.05, 0) is 47.3 Å². The molecule has 20 heavy (non-hydrogen) atoms. The molecule has 1 aromatic rings. The van der Waals surface area contributed by atoms with Gasteiger partial charge in [0.25, 0.3) is 0 Å². The SMILES string of the molecule is CCNC(C)CC(C)(C)c1ccc(OC)c(Br)c1OC. The van der Waals surface area contributed by atoms with Crippen LogP contribution < -0.4 is 14.8 Å². The summed E-state index contributed by atoms with van der Waals surface area (Å²) in [6, 6.07) is 4.54. The predicted octanol–water partition coefficient (Wildman–Crippen LogP) is 4.13. The zero-order valence-electron chi connectivity index (χ0n) is 13.3. The van der Waals surface area contributed by atoms with Crippen LogP contribution in [0.4, 0.5) is 0 Å². The summed E-state index contributed by atoms with van der Waals surface area (Å²) in [5, 5.41) is 3.47. The molecule has 0 radical (unpaired) electrons. The first kappa shape index (κ1) is 17.3. The van der Waals surface area contributed by atoms with Crippen molar-refractivity contribution in [1.29, 1.82) is 0 Å². The lowest BCUT2D eigenvalue weighted by Crippen LogP contribution is -2.33. The van der Waals surface area contributed by atoms with E-state index in [1.54, 1.807) is 14.2 Å². The van der Waals surface area contributed by atoms with Gasteiger partial charge in [-0.25, -0.2) is 0 Å². The minimum absolute atomic E-state index is 0.0156. The van der Waals surface area contributed by atoms with Crippen LogP contribution in [-0.2, 0) is 5.41 Å². The van der Waals surface area contributed by atoms with Gasteiger partial charge >= 0.3 is 0 Å². The van der Waals surface area contributed by atoms with Crippen molar-refractivity contribution in [2.24, 2.45) is 0 Å². The van der Waals surface area contributed by atoms with Crippen molar-refractivity contribution in [3.63, 3.8) is 0 Å². The van der Waals surface area contributed by atoms with E-state index in [1.165, 1.54) is 5.56 Å². The third-order valence-corrected chi connectivity index (χ3v) is 4.33. The first-order valence-electron chi connectivity index (χ1n) is 7.01. The monoisotopic (exact) mass is 343 g/mol. The highest BCUT2D eigenvalue weighted by molar-refractivity contribution is 9.10. The van der Waals surface area contributed by atoms with Gasteiger partial charge < -0.3 is 14.8 Å². The zero-order chi connectivity index (χ0) is 15.3. The maximum atomic E-state index is 5.60. The Bertz CT molecular complexity index is 446. The van der Waals surface area contributed by atoms with E-state index in [4.69, 9.17) is 9.47 Å². The average Bonchev–Trinajstić information content (AvgIpc) is 2.37. The van der Waals surface area contributed by atoms with Crippen LogP contribution in [0.1, 0.15) is 39.7 Å². The minimum atomic E-state index is 0.0156. The fourth-order valence-corrected chi connectivity index (χ4v) is 3.39. The van der Waals surface area contributed by atoms with Gasteiger partial charge in [0.15, 0.2) is 0 Å². The topological polar surface area (TPSA) is 30.5 Å². The summed E-state index contributed by atoms with van der Waals surface area (Å²) in [7, 11) is 3.37. The van der Waals surface area contributed by atoms with Gasteiger partial charge in [-0.1, -0.05) is 26.8 Å². The van der Waals surface area contributed by atoms with E-state index in [0.29, 0.717) is 6.04 Å². The number of hydrogen-bond acceptors (Lipinski definition) is 3. The van der Waals surface area contributed by atoms with Crippen molar-refractivity contribution >= 4 is 15.9 Å². The summed E-state index contributed by atoms with van der Waals surface area (Å²) in [5.41, 5.74) is 1.21. The highest BCUT2D eigenvalue weighted by Gasteiger charge is 2.28. The molecule has 0 aliphatic rings. The van der Waals surface area contributed by atoms with Crippen molar-refractivity contribution in [2.45, 2.75) is 45.6 Å². The van der Waals surface area contributed by atoms with Crippen molar-refractivity contribution in [1.82, 2.24) is 5.32 Å².